The van der Waals surface area contributed by atoms with Crippen LogP contribution in [0.2, 0.25) is 0 Å². The van der Waals surface area contributed by atoms with Crippen molar-refractivity contribution in [2.45, 2.75) is 0 Å². The highest BCUT2D eigenvalue weighted by atomic mass is 14.3. The fourth-order valence-corrected chi connectivity index (χ4v) is 0.624. The summed E-state index contributed by atoms with van der Waals surface area (Å²) in [4.78, 5) is 0. The molecule has 0 aliphatic heterocycles. The highest BCUT2D eigenvalue weighted by molar-refractivity contribution is 5.79. The van der Waals surface area contributed by atoms with Crippen LogP contribution in [-0.2, 0) is 0 Å². The third kappa shape index (κ3) is 1.56. The van der Waals surface area contributed by atoms with E-state index in [9.17, 15) is 0 Å². The average Bonchev–Trinajstić information content (AvgIpc) is 1.91. The molecule has 0 atom stereocenters. The second-order valence-corrected chi connectivity index (χ2v) is 1.68. The summed E-state index contributed by atoms with van der Waals surface area (Å²) in [6, 6.07) is 9.52. The van der Waals surface area contributed by atoms with Crippen molar-refractivity contribution in [1.29, 1.82) is 0 Å². The zero-order valence-corrected chi connectivity index (χ0v) is 4.91. The maximum Gasteiger partial charge on any atom is -0.0198 e. The van der Waals surface area contributed by atoms with Crippen LogP contribution in [0.25, 0.3) is 11.5 Å². The molecule has 1 aromatic rings. The number of rotatable bonds is 1. The summed E-state index contributed by atoms with van der Waals surface area (Å²) in [7, 11) is 0. The quantitative estimate of drug-likeness (QED) is 0.500. The summed E-state index contributed by atoms with van der Waals surface area (Å²) in [5.74, 6) is 1.96. The first kappa shape index (κ1) is 5.80. The van der Waals surface area contributed by atoms with Gasteiger partial charge in [0.15, 0.2) is 0 Å². The van der Waals surface area contributed by atoms with Gasteiger partial charge < -0.3 is 5.41 Å². The number of hydrogen-bond donors (Lipinski definition) is 0. The lowest BCUT2D eigenvalue weighted by Crippen LogP contribution is -1.66. The summed E-state index contributed by atoms with van der Waals surface area (Å²) in [6.45, 7) is 0. The summed E-state index contributed by atoms with van der Waals surface area (Å²) in [5, 5.41) is 8.21. The van der Waals surface area contributed by atoms with Crippen molar-refractivity contribution < 1.29 is 0 Å². The third-order valence-electron chi connectivity index (χ3n) is 1.03. The topological polar surface area (TPSA) is 22.3 Å². The van der Waals surface area contributed by atoms with E-state index in [1.165, 1.54) is 6.08 Å². The van der Waals surface area contributed by atoms with E-state index in [0.29, 0.717) is 0 Å². The second-order valence-electron chi connectivity index (χ2n) is 1.68. The molecule has 0 spiro atoms. The summed E-state index contributed by atoms with van der Waals surface area (Å²) < 4.78 is 0. The van der Waals surface area contributed by atoms with Crippen LogP contribution in [0.15, 0.2) is 30.3 Å². The maximum absolute atomic E-state index is 8.21. The van der Waals surface area contributed by atoms with Crippen molar-refractivity contribution in [2.75, 3.05) is 0 Å². The highest BCUT2D eigenvalue weighted by Crippen LogP contribution is 1.97. The van der Waals surface area contributed by atoms with Gasteiger partial charge in [-0.15, -0.1) is 0 Å². The Morgan fingerprint density at radius 1 is 1.22 bits per heavy atom. The van der Waals surface area contributed by atoms with Crippen LogP contribution in [-0.4, -0.2) is 5.87 Å². The summed E-state index contributed by atoms with van der Waals surface area (Å²) in [5.41, 5.74) is 0.958. The van der Waals surface area contributed by atoms with E-state index < -0.39 is 0 Å². The molecule has 0 aliphatic rings. The molecule has 0 amide bonds. The van der Waals surface area contributed by atoms with Crippen LogP contribution in [0.4, 0.5) is 0 Å². The zero-order valence-electron chi connectivity index (χ0n) is 4.91. The summed E-state index contributed by atoms with van der Waals surface area (Å²) >= 11 is 0. The van der Waals surface area contributed by atoms with Gasteiger partial charge in [-0.1, -0.05) is 30.3 Å². The predicted molar refractivity (Wildman–Crippen MR) is 39.3 cm³/mol. The van der Waals surface area contributed by atoms with E-state index in [2.05, 4.69) is 0 Å². The number of hydrogen-bond acceptors (Lipinski definition) is 0. The van der Waals surface area contributed by atoms with E-state index in [1.807, 2.05) is 36.2 Å². The zero-order chi connectivity index (χ0) is 6.53. The molecule has 0 saturated carbocycles. The SMILES string of the molecule is [N-]=C=Cc1ccccc1. The number of nitrogens with zero attached hydrogens (tertiary/aromatic N) is 1. The molecule has 1 aromatic carbocycles. The van der Waals surface area contributed by atoms with Gasteiger partial charge in [0, 0.05) is 0 Å². The molecule has 1 heteroatoms. The molecule has 0 radical (unpaired) electrons. The van der Waals surface area contributed by atoms with Gasteiger partial charge >= 0.3 is 0 Å². The van der Waals surface area contributed by atoms with Gasteiger partial charge in [0.1, 0.15) is 0 Å². The standard InChI is InChI=1S/C8H6N/c9-7-6-8-4-2-1-3-5-8/h1-6H/q-1. The molecule has 0 heterocycles. The average molecular weight is 116 g/mol. The van der Waals surface area contributed by atoms with Gasteiger partial charge in [-0.3, -0.25) is 5.87 Å². The molecule has 44 valence electrons. The first-order valence-electron chi connectivity index (χ1n) is 2.71. The van der Waals surface area contributed by atoms with E-state index in [-0.39, 0.29) is 0 Å². The molecule has 0 aromatic heterocycles. The van der Waals surface area contributed by atoms with Crippen LogP contribution in [0.1, 0.15) is 5.56 Å². The molecule has 0 N–H and O–H groups in total. The lowest BCUT2D eigenvalue weighted by Gasteiger charge is -1.86. The smallest absolute Gasteiger partial charge is 0.0198 e. The van der Waals surface area contributed by atoms with Crippen LogP contribution in [0, 0.1) is 0 Å². The monoisotopic (exact) mass is 116 g/mol. The number of benzene rings is 1. The minimum absolute atomic E-state index is 0.958. The van der Waals surface area contributed by atoms with Gasteiger partial charge in [-0.25, -0.2) is 0 Å². The van der Waals surface area contributed by atoms with Crippen molar-refractivity contribution in [2.24, 2.45) is 0 Å². The van der Waals surface area contributed by atoms with Crippen LogP contribution in [0.3, 0.4) is 0 Å². The first-order chi connectivity index (χ1) is 4.43. The van der Waals surface area contributed by atoms with Gasteiger partial charge in [0.05, 0.1) is 0 Å². The van der Waals surface area contributed by atoms with Gasteiger partial charge in [0.25, 0.3) is 0 Å². The van der Waals surface area contributed by atoms with Gasteiger partial charge in [-0.2, -0.15) is 0 Å². The van der Waals surface area contributed by atoms with Crippen molar-refractivity contribution in [1.82, 2.24) is 0 Å². The lowest BCUT2D eigenvalue weighted by atomic mass is 10.2. The van der Waals surface area contributed by atoms with Crippen molar-refractivity contribution in [3.8, 4) is 0 Å². The molecule has 9 heavy (non-hydrogen) atoms. The van der Waals surface area contributed by atoms with Gasteiger partial charge in [-0.05, 0) is 11.6 Å². The van der Waals surface area contributed by atoms with Crippen molar-refractivity contribution in [3.63, 3.8) is 0 Å². The maximum atomic E-state index is 8.21. The fourth-order valence-electron chi connectivity index (χ4n) is 0.624. The Balaban J connectivity index is 2.97. The lowest BCUT2D eigenvalue weighted by molar-refractivity contribution is 1.67. The fraction of sp³-hybridized carbons (Fsp3) is 0. The Labute approximate surface area is 54.2 Å². The molecular weight excluding hydrogens is 110 g/mol. The van der Waals surface area contributed by atoms with Crippen LogP contribution >= 0.6 is 0 Å². The Morgan fingerprint density at radius 2 is 1.89 bits per heavy atom. The predicted octanol–water partition coefficient (Wildman–Crippen LogP) is 1.94. The Kier molecular flexibility index (Phi) is 1.84. The minimum Gasteiger partial charge on any atom is -0.763 e. The molecule has 0 unspecified atom stereocenters. The third-order valence-corrected chi connectivity index (χ3v) is 1.03. The van der Waals surface area contributed by atoms with E-state index in [0.717, 1.165) is 5.56 Å². The van der Waals surface area contributed by atoms with Gasteiger partial charge in [0.2, 0.25) is 0 Å². The molecule has 0 saturated heterocycles. The molecule has 1 rings (SSSR count). The Morgan fingerprint density at radius 3 is 2.44 bits per heavy atom. The van der Waals surface area contributed by atoms with E-state index in [4.69, 9.17) is 5.41 Å². The molecule has 0 aliphatic carbocycles. The second kappa shape index (κ2) is 2.85. The summed E-state index contributed by atoms with van der Waals surface area (Å²) in [6.07, 6.45) is 1.51. The van der Waals surface area contributed by atoms with Crippen molar-refractivity contribution >= 4 is 11.9 Å². The van der Waals surface area contributed by atoms with Crippen molar-refractivity contribution in [3.05, 3.63) is 41.3 Å². The largest absolute Gasteiger partial charge is 0.763 e. The van der Waals surface area contributed by atoms with Crippen LogP contribution in [0.5, 0.6) is 0 Å². The molecule has 0 fully saturated rings. The molecule has 0 bridgehead atoms. The van der Waals surface area contributed by atoms with E-state index in [1.54, 1.807) is 0 Å². The van der Waals surface area contributed by atoms with E-state index >= 15 is 0 Å². The minimum atomic E-state index is 0.958. The Bertz CT molecular complexity index is 220. The highest BCUT2D eigenvalue weighted by Gasteiger charge is 1.76. The Hall–Kier alpha value is -1.33. The molecule has 1 nitrogen and oxygen atoms in total. The first-order valence-corrected chi connectivity index (χ1v) is 2.71. The normalized spacial score (nSPS) is 8.00. The molecular formula is C8H6N-. The van der Waals surface area contributed by atoms with Crippen LogP contribution < -0.4 is 0 Å².